The first kappa shape index (κ1) is 19.1. The van der Waals surface area contributed by atoms with Gasteiger partial charge in [-0.25, -0.2) is 0 Å². The van der Waals surface area contributed by atoms with Gasteiger partial charge in [-0.15, -0.1) is 0 Å². The molecule has 0 aliphatic rings. The van der Waals surface area contributed by atoms with Crippen molar-refractivity contribution in [3.63, 3.8) is 0 Å². The minimum absolute atomic E-state index is 0.130. The van der Waals surface area contributed by atoms with Crippen molar-refractivity contribution in [2.24, 2.45) is 0 Å². The monoisotopic (exact) mass is 376 g/mol. The van der Waals surface area contributed by atoms with Crippen LogP contribution in [0.3, 0.4) is 0 Å². The van der Waals surface area contributed by atoms with Gasteiger partial charge >= 0.3 is 0 Å². The van der Waals surface area contributed by atoms with Crippen molar-refractivity contribution in [1.82, 2.24) is 0 Å². The van der Waals surface area contributed by atoms with Gasteiger partial charge in [0.2, 0.25) is 6.54 Å². The molecule has 0 aliphatic carbocycles. The second-order valence-corrected chi connectivity index (χ2v) is 6.28. The number of benzene rings is 2. The summed E-state index contributed by atoms with van der Waals surface area (Å²) >= 11 is 0. The molecule has 1 aromatic heterocycles. The summed E-state index contributed by atoms with van der Waals surface area (Å²) in [6.07, 6.45) is 1.86. The summed E-state index contributed by atoms with van der Waals surface area (Å²) in [5.41, 5.74) is 2.82. The van der Waals surface area contributed by atoms with Gasteiger partial charge in [-0.2, -0.15) is 4.57 Å². The zero-order valence-corrected chi connectivity index (χ0v) is 15.8. The number of methoxy groups -OCH3 is 1. The molecule has 0 saturated carbocycles. The lowest BCUT2D eigenvalue weighted by atomic mass is 10.2. The second kappa shape index (κ2) is 8.81. The number of amides is 2. The molecule has 0 fully saturated rings. The minimum Gasteiger partial charge on any atom is -0.497 e. The number of anilines is 2. The van der Waals surface area contributed by atoms with Crippen LogP contribution >= 0.6 is 0 Å². The van der Waals surface area contributed by atoms with Gasteiger partial charge in [0.15, 0.2) is 11.9 Å². The van der Waals surface area contributed by atoms with Gasteiger partial charge in [-0.3, -0.25) is 9.59 Å². The zero-order chi connectivity index (χ0) is 19.9. The molecule has 3 rings (SSSR count). The highest BCUT2D eigenvalue weighted by atomic mass is 16.5. The van der Waals surface area contributed by atoms with Crippen molar-refractivity contribution in [1.29, 1.82) is 0 Å². The van der Waals surface area contributed by atoms with Crippen molar-refractivity contribution in [3.8, 4) is 5.75 Å². The largest absolute Gasteiger partial charge is 0.497 e. The van der Waals surface area contributed by atoms with E-state index in [0.717, 1.165) is 11.4 Å². The number of hydrogen-bond donors (Lipinski definition) is 2. The van der Waals surface area contributed by atoms with Gasteiger partial charge in [0.05, 0.1) is 7.11 Å². The number of rotatable bonds is 6. The van der Waals surface area contributed by atoms with Crippen molar-refractivity contribution >= 4 is 23.2 Å². The Morgan fingerprint density at radius 3 is 2.18 bits per heavy atom. The second-order valence-electron chi connectivity index (χ2n) is 6.28. The van der Waals surface area contributed by atoms with Gasteiger partial charge in [-0.1, -0.05) is 6.07 Å². The van der Waals surface area contributed by atoms with E-state index >= 15 is 0 Å². The lowest BCUT2D eigenvalue weighted by Crippen LogP contribution is -2.42. The van der Waals surface area contributed by atoms with E-state index in [0.29, 0.717) is 16.9 Å². The van der Waals surface area contributed by atoms with Crippen LogP contribution in [0.5, 0.6) is 5.75 Å². The summed E-state index contributed by atoms with van der Waals surface area (Å²) in [5.74, 6) is 0.371. The predicted octanol–water partition coefficient (Wildman–Crippen LogP) is 3.18. The molecular weight excluding hydrogens is 354 g/mol. The SMILES string of the molecule is COc1ccc(NC(=O)c2ccc(NC(=O)C[n+]3ccccc3C)cc2)cc1. The molecule has 0 saturated heterocycles. The Labute approximate surface area is 163 Å². The Hall–Kier alpha value is -3.67. The van der Waals surface area contributed by atoms with E-state index in [-0.39, 0.29) is 18.4 Å². The summed E-state index contributed by atoms with van der Waals surface area (Å²) < 4.78 is 6.97. The molecule has 0 bridgehead atoms. The normalized spacial score (nSPS) is 10.2. The van der Waals surface area contributed by atoms with E-state index < -0.39 is 0 Å². The van der Waals surface area contributed by atoms with Crippen LogP contribution in [-0.2, 0) is 11.3 Å². The molecule has 2 aromatic carbocycles. The third kappa shape index (κ3) is 4.94. The van der Waals surface area contributed by atoms with E-state index in [2.05, 4.69) is 10.6 Å². The number of nitrogens with one attached hydrogen (secondary N) is 2. The highest BCUT2D eigenvalue weighted by Crippen LogP contribution is 2.16. The molecule has 0 atom stereocenters. The van der Waals surface area contributed by atoms with Crippen LogP contribution in [-0.4, -0.2) is 18.9 Å². The molecule has 142 valence electrons. The third-order valence-corrected chi connectivity index (χ3v) is 4.26. The fourth-order valence-corrected chi connectivity index (χ4v) is 2.68. The van der Waals surface area contributed by atoms with Crippen LogP contribution in [0.25, 0.3) is 0 Å². The van der Waals surface area contributed by atoms with Crippen LogP contribution < -0.4 is 19.9 Å². The predicted molar refractivity (Wildman–Crippen MR) is 107 cm³/mol. The van der Waals surface area contributed by atoms with Gasteiger partial charge in [0.25, 0.3) is 11.8 Å². The van der Waals surface area contributed by atoms with E-state index in [4.69, 9.17) is 4.74 Å². The minimum atomic E-state index is -0.224. The average Bonchev–Trinajstić information content (AvgIpc) is 2.71. The van der Waals surface area contributed by atoms with Crippen molar-refractivity contribution in [2.45, 2.75) is 13.5 Å². The highest BCUT2D eigenvalue weighted by Gasteiger charge is 2.12. The molecule has 0 radical (unpaired) electrons. The lowest BCUT2D eigenvalue weighted by Gasteiger charge is -2.08. The molecule has 2 amide bonds. The van der Waals surface area contributed by atoms with Crippen molar-refractivity contribution in [3.05, 3.63) is 84.2 Å². The Morgan fingerprint density at radius 2 is 1.54 bits per heavy atom. The fraction of sp³-hybridized carbons (Fsp3) is 0.136. The van der Waals surface area contributed by atoms with Gasteiger partial charge in [0.1, 0.15) is 5.75 Å². The Bertz CT molecular complexity index is 967. The molecule has 0 aliphatic heterocycles. The molecule has 0 unspecified atom stereocenters. The van der Waals surface area contributed by atoms with Crippen LogP contribution in [0.2, 0.25) is 0 Å². The number of nitrogens with zero attached hydrogens (tertiary/aromatic N) is 1. The fourth-order valence-electron chi connectivity index (χ4n) is 2.68. The Kier molecular flexibility index (Phi) is 6.01. The van der Waals surface area contributed by atoms with E-state index in [1.54, 1.807) is 55.6 Å². The lowest BCUT2D eigenvalue weighted by molar-refractivity contribution is -0.690. The van der Waals surface area contributed by atoms with Gasteiger partial charge in [0, 0.05) is 36.0 Å². The van der Waals surface area contributed by atoms with Gasteiger partial charge in [-0.05, 0) is 48.5 Å². The first-order valence-corrected chi connectivity index (χ1v) is 8.85. The maximum Gasteiger partial charge on any atom is 0.290 e. The quantitative estimate of drug-likeness (QED) is 0.649. The van der Waals surface area contributed by atoms with E-state index in [9.17, 15) is 9.59 Å². The van der Waals surface area contributed by atoms with Crippen molar-refractivity contribution < 1.29 is 18.9 Å². The number of carbonyl (C=O) groups is 2. The number of carbonyl (C=O) groups excluding carboxylic acids is 2. The van der Waals surface area contributed by atoms with Crippen LogP contribution in [0, 0.1) is 6.92 Å². The molecule has 28 heavy (non-hydrogen) atoms. The smallest absolute Gasteiger partial charge is 0.290 e. The molecular formula is C22H22N3O3+. The number of aryl methyl sites for hydroxylation is 1. The van der Waals surface area contributed by atoms with Crippen LogP contribution in [0.4, 0.5) is 11.4 Å². The molecule has 1 heterocycles. The molecule has 3 aromatic rings. The Balaban J connectivity index is 1.58. The number of hydrogen-bond acceptors (Lipinski definition) is 3. The summed E-state index contributed by atoms with van der Waals surface area (Å²) in [7, 11) is 1.59. The standard InChI is InChI=1S/C22H21N3O3/c1-16-5-3-4-14-25(16)15-21(26)23-18-8-6-17(7-9-18)22(27)24-19-10-12-20(28-2)13-11-19/h3-14H,15H2,1-2H3,(H-,23,24,26,27)/p+1. The molecule has 6 heteroatoms. The van der Waals surface area contributed by atoms with Crippen LogP contribution in [0.15, 0.2) is 72.9 Å². The first-order chi connectivity index (χ1) is 13.5. The summed E-state index contributed by atoms with van der Waals surface area (Å²) in [4.78, 5) is 24.6. The average molecular weight is 376 g/mol. The van der Waals surface area contributed by atoms with Crippen molar-refractivity contribution in [2.75, 3.05) is 17.7 Å². The third-order valence-electron chi connectivity index (χ3n) is 4.26. The zero-order valence-electron chi connectivity index (χ0n) is 15.8. The highest BCUT2D eigenvalue weighted by molar-refractivity contribution is 6.04. The van der Waals surface area contributed by atoms with Crippen LogP contribution in [0.1, 0.15) is 16.1 Å². The molecule has 2 N–H and O–H groups in total. The summed E-state index contributed by atoms with van der Waals surface area (Å²) in [6, 6.07) is 19.6. The first-order valence-electron chi connectivity index (χ1n) is 8.85. The number of aromatic nitrogens is 1. The summed E-state index contributed by atoms with van der Waals surface area (Å²) in [6.45, 7) is 2.18. The Morgan fingerprint density at radius 1 is 0.893 bits per heavy atom. The van der Waals surface area contributed by atoms with E-state index in [1.807, 2.05) is 35.9 Å². The topological polar surface area (TPSA) is 71.3 Å². The van der Waals surface area contributed by atoms with Gasteiger partial charge < -0.3 is 15.4 Å². The number of pyridine rings is 1. The maximum absolute atomic E-state index is 12.3. The maximum atomic E-state index is 12.3. The molecule has 0 spiro atoms. The van der Waals surface area contributed by atoms with E-state index in [1.165, 1.54) is 0 Å². The number of ether oxygens (including phenoxy) is 1. The summed E-state index contributed by atoms with van der Waals surface area (Å²) in [5, 5.41) is 5.66. The molecule has 6 nitrogen and oxygen atoms in total.